The lowest BCUT2D eigenvalue weighted by Crippen LogP contribution is -1.93. The second-order valence-corrected chi connectivity index (χ2v) is 11.5. The van der Waals surface area contributed by atoms with Crippen LogP contribution in [0.2, 0.25) is 0 Å². The predicted octanol–water partition coefficient (Wildman–Crippen LogP) is 11.8. The van der Waals surface area contributed by atoms with Gasteiger partial charge in [-0.05, 0) is 83.5 Å². The van der Waals surface area contributed by atoms with Gasteiger partial charge in [0.2, 0.25) is 0 Å². The lowest BCUT2D eigenvalue weighted by molar-refractivity contribution is 1.41. The van der Waals surface area contributed by atoms with E-state index in [1.807, 2.05) is 0 Å². The molecule has 1 heteroatoms. The first kappa shape index (κ1) is 24.8. The van der Waals surface area contributed by atoms with Crippen LogP contribution in [0.25, 0.3) is 87.5 Å². The molecule has 0 fully saturated rings. The zero-order chi connectivity index (χ0) is 29.0. The van der Waals surface area contributed by atoms with Crippen LogP contribution in [0, 0.1) is 0 Å². The van der Waals surface area contributed by atoms with Crippen LogP contribution in [0.1, 0.15) is 0 Å². The van der Waals surface area contributed by atoms with Gasteiger partial charge in [-0.25, -0.2) is 4.98 Å². The summed E-state index contributed by atoms with van der Waals surface area (Å²) >= 11 is 0. The van der Waals surface area contributed by atoms with Gasteiger partial charge in [-0.2, -0.15) is 0 Å². The number of aromatic nitrogens is 1. The molecule has 9 rings (SSSR count). The van der Waals surface area contributed by atoms with E-state index in [9.17, 15) is 0 Å². The molecule has 0 saturated carbocycles. The van der Waals surface area contributed by atoms with Crippen molar-refractivity contribution in [2.45, 2.75) is 0 Å². The molecule has 0 bridgehead atoms. The molecular formula is C43H27N. The van der Waals surface area contributed by atoms with Crippen LogP contribution in [-0.2, 0) is 0 Å². The summed E-state index contributed by atoms with van der Waals surface area (Å²) in [6.07, 6.45) is 0. The molecule has 1 aromatic heterocycles. The monoisotopic (exact) mass is 557 g/mol. The van der Waals surface area contributed by atoms with Crippen molar-refractivity contribution in [2.24, 2.45) is 0 Å². The molecule has 1 nitrogen and oxygen atoms in total. The molecule has 0 atom stereocenters. The van der Waals surface area contributed by atoms with Gasteiger partial charge in [0.05, 0.1) is 11.2 Å². The fourth-order valence-corrected chi connectivity index (χ4v) is 7.04. The van der Waals surface area contributed by atoms with E-state index in [1.54, 1.807) is 0 Å². The van der Waals surface area contributed by atoms with E-state index in [2.05, 4.69) is 164 Å². The van der Waals surface area contributed by atoms with E-state index in [-0.39, 0.29) is 0 Å². The van der Waals surface area contributed by atoms with Crippen LogP contribution in [0.4, 0.5) is 0 Å². The molecule has 9 aromatic rings. The van der Waals surface area contributed by atoms with Crippen molar-refractivity contribution in [1.82, 2.24) is 4.98 Å². The third-order valence-electron chi connectivity index (χ3n) is 9.02. The van der Waals surface area contributed by atoms with Crippen LogP contribution < -0.4 is 0 Å². The van der Waals surface area contributed by atoms with E-state index in [1.165, 1.54) is 65.3 Å². The predicted molar refractivity (Wildman–Crippen MR) is 188 cm³/mol. The van der Waals surface area contributed by atoms with Gasteiger partial charge in [0.25, 0.3) is 0 Å². The number of fused-ring (bicyclic) bond motifs is 5. The molecule has 8 aromatic carbocycles. The molecule has 0 N–H and O–H groups in total. The van der Waals surface area contributed by atoms with Crippen molar-refractivity contribution >= 4 is 54.0 Å². The third kappa shape index (κ3) is 3.83. The summed E-state index contributed by atoms with van der Waals surface area (Å²) in [6, 6.07) is 59.2. The molecule has 1 heterocycles. The van der Waals surface area contributed by atoms with Crippen LogP contribution in [-0.4, -0.2) is 4.98 Å². The SMILES string of the molecule is c1ccc(-c2c3ccccc3c(-c3ccc(-c4ccc5cc6ccccc6cc5n4)c4ccccc34)c3ccccc23)cc1. The Hall–Kier alpha value is -5.79. The number of pyridine rings is 1. The van der Waals surface area contributed by atoms with Gasteiger partial charge in [0, 0.05) is 10.9 Å². The first-order valence-corrected chi connectivity index (χ1v) is 15.1. The largest absolute Gasteiger partial charge is 0.248 e. The van der Waals surface area contributed by atoms with Gasteiger partial charge in [-0.3, -0.25) is 0 Å². The van der Waals surface area contributed by atoms with Crippen molar-refractivity contribution in [3.05, 3.63) is 164 Å². The summed E-state index contributed by atoms with van der Waals surface area (Å²) in [5, 5.41) is 11.1. The summed E-state index contributed by atoms with van der Waals surface area (Å²) in [5.41, 5.74) is 8.19. The second-order valence-electron chi connectivity index (χ2n) is 11.5. The van der Waals surface area contributed by atoms with E-state index < -0.39 is 0 Å². The minimum absolute atomic E-state index is 0.990. The quantitative estimate of drug-likeness (QED) is 0.197. The molecule has 0 aliphatic carbocycles. The van der Waals surface area contributed by atoms with Crippen molar-refractivity contribution in [2.75, 3.05) is 0 Å². The minimum Gasteiger partial charge on any atom is -0.248 e. The Morgan fingerprint density at radius 2 is 0.818 bits per heavy atom. The maximum absolute atomic E-state index is 5.19. The van der Waals surface area contributed by atoms with Crippen molar-refractivity contribution in [3.8, 4) is 33.5 Å². The van der Waals surface area contributed by atoms with Gasteiger partial charge >= 0.3 is 0 Å². The Balaban J connectivity index is 1.32. The highest BCUT2D eigenvalue weighted by Crippen LogP contribution is 2.46. The Kier molecular flexibility index (Phi) is 5.57. The lowest BCUT2D eigenvalue weighted by Gasteiger charge is -2.19. The molecule has 0 aliphatic heterocycles. The number of nitrogens with zero attached hydrogens (tertiary/aromatic N) is 1. The zero-order valence-corrected chi connectivity index (χ0v) is 24.0. The van der Waals surface area contributed by atoms with Crippen LogP contribution >= 0.6 is 0 Å². The number of benzene rings is 8. The molecule has 0 amide bonds. The zero-order valence-electron chi connectivity index (χ0n) is 24.0. The standard InChI is InChI=1S/C43H27N/c1-2-12-28(13-3-1)42-35-18-8-10-20-37(35)43(38-21-11-9-19-36(38)42)39-24-23-34(32-16-6-7-17-33(32)39)40-25-22-31-26-29-14-4-5-15-30(29)27-41(31)44-40/h1-27H. The molecule has 0 saturated heterocycles. The third-order valence-corrected chi connectivity index (χ3v) is 9.02. The molecule has 0 unspecified atom stereocenters. The topological polar surface area (TPSA) is 12.9 Å². The summed E-state index contributed by atoms with van der Waals surface area (Å²) in [5.74, 6) is 0. The van der Waals surface area contributed by atoms with E-state index in [0.717, 1.165) is 22.2 Å². The molecule has 204 valence electrons. The smallest absolute Gasteiger partial charge is 0.0715 e. The Morgan fingerprint density at radius 1 is 0.318 bits per heavy atom. The van der Waals surface area contributed by atoms with Gasteiger partial charge < -0.3 is 0 Å². The molecule has 0 aliphatic rings. The van der Waals surface area contributed by atoms with Gasteiger partial charge in [-0.1, -0.05) is 146 Å². The van der Waals surface area contributed by atoms with Crippen LogP contribution in [0.15, 0.2) is 164 Å². The van der Waals surface area contributed by atoms with Crippen LogP contribution in [0.5, 0.6) is 0 Å². The normalized spacial score (nSPS) is 11.6. The number of hydrogen-bond donors (Lipinski definition) is 0. The Labute approximate surface area is 255 Å². The van der Waals surface area contributed by atoms with Crippen molar-refractivity contribution < 1.29 is 0 Å². The average Bonchev–Trinajstić information content (AvgIpc) is 3.09. The van der Waals surface area contributed by atoms with Gasteiger partial charge in [0.1, 0.15) is 0 Å². The first-order valence-electron chi connectivity index (χ1n) is 15.1. The fourth-order valence-electron chi connectivity index (χ4n) is 7.04. The molecule has 0 spiro atoms. The van der Waals surface area contributed by atoms with Crippen molar-refractivity contribution in [3.63, 3.8) is 0 Å². The molecular weight excluding hydrogens is 530 g/mol. The highest BCUT2D eigenvalue weighted by Gasteiger charge is 2.19. The van der Waals surface area contributed by atoms with E-state index in [0.29, 0.717) is 0 Å². The molecule has 44 heavy (non-hydrogen) atoms. The fraction of sp³-hybridized carbons (Fsp3) is 0. The maximum atomic E-state index is 5.19. The summed E-state index contributed by atoms with van der Waals surface area (Å²) in [6.45, 7) is 0. The number of hydrogen-bond acceptors (Lipinski definition) is 1. The van der Waals surface area contributed by atoms with E-state index in [4.69, 9.17) is 4.98 Å². The maximum Gasteiger partial charge on any atom is 0.0715 e. The van der Waals surface area contributed by atoms with Crippen LogP contribution in [0.3, 0.4) is 0 Å². The highest BCUT2D eigenvalue weighted by molar-refractivity contribution is 6.24. The second kappa shape index (κ2) is 9.90. The summed E-state index contributed by atoms with van der Waals surface area (Å²) in [4.78, 5) is 5.19. The van der Waals surface area contributed by atoms with Gasteiger partial charge in [-0.15, -0.1) is 0 Å². The van der Waals surface area contributed by atoms with Gasteiger partial charge in [0.15, 0.2) is 0 Å². The number of rotatable bonds is 3. The molecule has 0 radical (unpaired) electrons. The average molecular weight is 558 g/mol. The lowest BCUT2D eigenvalue weighted by atomic mass is 9.84. The first-order chi connectivity index (χ1) is 21.8. The summed E-state index contributed by atoms with van der Waals surface area (Å²) in [7, 11) is 0. The van der Waals surface area contributed by atoms with Crippen molar-refractivity contribution in [1.29, 1.82) is 0 Å². The highest BCUT2D eigenvalue weighted by atomic mass is 14.7. The Bertz CT molecular complexity index is 2490. The van der Waals surface area contributed by atoms with E-state index >= 15 is 0 Å². The minimum atomic E-state index is 0.990. The summed E-state index contributed by atoms with van der Waals surface area (Å²) < 4.78 is 0. The Morgan fingerprint density at radius 3 is 1.48 bits per heavy atom.